The molecule has 0 unspecified atom stereocenters. The first-order chi connectivity index (χ1) is 14.3. The molecule has 0 amide bonds. The molecule has 0 bridgehead atoms. The molecule has 0 saturated carbocycles. The largest absolute Gasteiger partial charge is 0.422 e. The predicted molar refractivity (Wildman–Crippen MR) is 101 cm³/mol. The van der Waals surface area contributed by atoms with Gasteiger partial charge in [-0.25, -0.2) is 17.7 Å². The maximum absolute atomic E-state index is 14.9. The first kappa shape index (κ1) is 18.5. The van der Waals surface area contributed by atoms with Gasteiger partial charge in [0.1, 0.15) is 11.1 Å². The van der Waals surface area contributed by atoms with Crippen molar-refractivity contribution < 1.29 is 26.3 Å². The maximum Gasteiger partial charge on any atom is 0.422 e. The third kappa shape index (κ3) is 2.49. The van der Waals surface area contributed by atoms with Gasteiger partial charge < -0.3 is 0 Å². The van der Waals surface area contributed by atoms with E-state index in [1.807, 2.05) is 0 Å². The van der Waals surface area contributed by atoms with Crippen molar-refractivity contribution in [1.82, 2.24) is 9.61 Å². The molecular formula is C22H10F6N2. The van der Waals surface area contributed by atoms with Crippen molar-refractivity contribution >= 4 is 27.2 Å². The minimum absolute atomic E-state index is 0.00835. The van der Waals surface area contributed by atoms with Gasteiger partial charge in [-0.1, -0.05) is 54.6 Å². The van der Waals surface area contributed by atoms with Crippen LogP contribution < -0.4 is 0 Å². The van der Waals surface area contributed by atoms with Gasteiger partial charge in [0.25, 0.3) is 0 Å². The highest BCUT2D eigenvalue weighted by Gasteiger charge is 2.42. The van der Waals surface area contributed by atoms with E-state index in [1.165, 1.54) is 0 Å². The summed E-state index contributed by atoms with van der Waals surface area (Å²) in [5, 5.41) is 4.34. The van der Waals surface area contributed by atoms with Gasteiger partial charge in [-0.2, -0.15) is 18.3 Å². The minimum Gasteiger partial charge on any atom is -0.231 e. The summed E-state index contributed by atoms with van der Waals surface area (Å²) in [6.07, 6.45) is -5.41. The Kier molecular flexibility index (Phi) is 3.83. The summed E-state index contributed by atoms with van der Waals surface area (Å²) < 4.78 is 84.7. The van der Waals surface area contributed by atoms with Crippen LogP contribution in [-0.4, -0.2) is 9.61 Å². The fourth-order valence-electron chi connectivity index (χ4n) is 3.75. The number of benzene rings is 3. The molecule has 5 rings (SSSR count). The molecule has 0 radical (unpaired) electrons. The molecule has 0 aliphatic rings. The van der Waals surface area contributed by atoms with E-state index in [0.717, 1.165) is 4.52 Å². The quantitative estimate of drug-likeness (QED) is 0.218. The Hall–Kier alpha value is -3.55. The summed E-state index contributed by atoms with van der Waals surface area (Å²) in [7, 11) is 0. The van der Waals surface area contributed by atoms with Crippen molar-refractivity contribution in [3.63, 3.8) is 0 Å². The summed E-state index contributed by atoms with van der Waals surface area (Å²) in [5.41, 5.74) is -2.16. The monoisotopic (exact) mass is 416 g/mol. The van der Waals surface area contributed by atoms with Gasteiger partial charge in [0.05, 0.1) is 16.6 Å². The zero-order valence-corrected chi connectivity index (χ0v) is 14.9. The van der Waals surface area contributed by atoms with Crippen LogP contribution in [0.1, 0.15) is 5.56 Å². The van der Waals surface area contributed by atoms with E-state index in [2.05, 4.69) is 5.10 Å². The number of nitrogens with zero attached hydrogens (tertiary/aromatic N) is 2. The van der Waals surface area contributed by atoms with Gasteiger partial charge in [0.2, 0.25) is 0 Å². The lowest BCUT2D eigenvalue weighted by atomic mass is 10.0. The molecule has 0 atom stereocenters. The van der Waals surface area contributed by atoms with Crippen LogP contribution in [-0.2, 0) is 6.18 Å². The maximum atomic E-state index is 14.9. The molecule has 150 valence electrons. The Morgan fingerprint density at radius 1 is 0.767 bits per heavy atom. The van der Waals surface area contributed by atoms with Crippen molar-refractivity contribution in [2.24, 2.45) is 0 Å². The molecule has 2 heterocycles. The van der Waals surface area contributed by atoms with Gasteiger partial charge in [-0.15, -0.1) is 0 Å². The molecule has 0 aliphatic heterocycles. The van der Waals surface area contributed by atoms with E-state index in [0.29, 0.717) is 22.0 Å². The topological polar surface area (TPSA) is 17.3 Å². The highest BCUT2D eigenvalue weighted by molar-refractivity contribution is 6.11. The first-order valence-corrected chi connectivity index (χ1v) is 8.82. The fourth-order valence-corrected chi connectivity index (χ4v) is 3.75. The lowest BCUT2D eigenvalue weighted by molar-refractivity contribution is -0.142. The van der Waals surface area contributed by atoms with Crippen molar-refractivity contribution in [2.75, 3.05) is 0 Å². The average Bonchev–Trinajstić information content (AvgIpc) is 3.13. The first-order valence-electron chi connectivity index (χ1n) is 8.82. The number of hydrogen-bond donors (Lipinski definition) is 0. The number of halogens is 6. The molecule has 0 saturated heterocycles. The molecule has 5 aromatic rings. The molecule has 3 aromatic carbocycles. The fraction of sp³-hybridized carbons (Fsp3) is 0.0455. The molecule has 0 N–H and O–H groups in total. The zero-order valence-electron chi connectivity index (χ0n) is 14.9. The molecule has 0 aliphatic carbocycles. The second kappa shape index (κ2) is 6.22. The highest BCUT2D eigenvalue weighted by atomic mass is 19.4. The van der Waals surface area contributed by atoms with Crippen molar-refractivity contribution in [2.45, 2.75) is 6.18 Å². The summed E-state index contributed by atoms with van der Waals surface area (Å²) in [5.74, 6) is -6.01. The van der Waals surface area contributed by atoms with Crippen LogP contribution in [0.25, 0.3) is 38.4 Å². The Labute approximate surface area is 165 Å². The third-order valence-corrected chi connectivity index (χ3v) is 5.03. The van der Waals surface area contributed by atoms with E-state index in [1.54, 1.807) is 60.7 Å². The average molecular weight is 416 g/mol. The Morgan fingerprint density at radius 3 is 2.13 bits per heavy atom. The lowest BCUT2D eigenvalue weighted by Gasteiger charge is -2.10. The summed E-state index contributed by atoms with van der Waals surface area (Å²) in [4.78, 5) is 0. The van der Waals surface area contributed by atoms with Crippen LogP contribution in [0.2, 0.25) is 0 Å². The third-order valence-electron chi connectivity index (χ3n) is 5.03. The van der Waals surface area contributed by atoms with Gasteiger partial charge in [0.15, 0.2) is 17.5 Å². The Morgan fingerprint density at radius 2 is 1.43 bits per heavy atom. The number of aromatic nitrogens is 2. The summed E-state index contributed by atoms with van der Waals surface area (Å²) in [6.45, 7) is 0. The Balaban J connectivity index is 2.06. The zero-order chi connectivity index (χ0) is 21.2. The van der Waals surface area contributed by atoms with Crippen LogP contribution in [0, 0.1) is 17.5 Å². The summed E-state index contributed by atoms with van der Waals surface area (Å²) in [6, 6.07) is 17.1. The van der Waals surface area contributed by atoms with Crippen LogP contribution in [0.5, 0.6) is 0 Å². The number of fused-ring (bicyclic) bond motifs is 5. The molecule has 8 heteroatoms. The highest BCUT2D eigenvalue weighted by Crippen LogP contribution is 2.41. The van der Waals surface area contributed by atoms with Gasteiger partial charge in [0, 0.05) is 10.9 Å². The predicted octanol–water partition coefficient (Wildman–Crippen LogP) is 6.74. The normalized spacial score (nSPS) is 12.3. The molecule has 2 nitrogen and oxygen atoms in total. The van der Waals surface area contributed by atoms with E-state index < -0.39 is 40.1 Å². The number of pyridine rings is 1. The second-order valence-corrected chi connectivity index (χ2v) is 6.78. The number of alkyl halides is 3. The second-order valence-electron chi connectivity index (χ2n) is 6.78. The Bertz CT molecular complexity index is 1450. The van der Waals surface area contributed by atoms with Crippen LogP contribution >= 0.6 is 0 Å². The van der Waals surface area contributed by atoms with Crippen LogP contribution in [0.15, 0.2) is 60.7 Å². The molecular weight excluding hydrogens is 406 g/mol. The van der Waals surface area contributed by atoms with Crippen LogP contribution in [0.3, 0.4) is 0 Å². The van der Waals surface area contributed by atoms with Gasteiger partial charge in [-0.3, -0.25) is 0 Å². The smallest absolute Gasteiger partial charge is 0.231 e. The van der Waals surface area contributed by atoms with E-state index in [9.17, 15) is 26.3 Å². The van der Waals surface area contributed by atoms with E-state index in [-0.39, 0.29) is 5.52 Å². The van der Waals surface area contributed by atoms with E-state index in [4.69, 9.17) is 0 Å². The summed E-state index contributed by atoms with van der Waals surface area (Å²) >= 11 is 0. The van der Waals surface area contributed by atoms with Gasteiger partial charge in [-0.05, 0) is 11.5 Å². The molecule has 0 spiro atoms. The standard InChI is InChI=1S/C22H10F6N2/c23-17-15-20(19(25)16(18(17)24)22(26,27)28)29-30-14(11-6-2-1-3-7-11)10-12-8-4-5-9-13(12)21(15)30/h1-10H. The van der Waals surface area contributed by atoms with Crippen molar-refractivity contribution in [1.29, 1.82) is 0 Å². The molecule has 30 heavy (non-hydrogen) atoms. The lowest BCUT2D eigenvalue weighted by Crippen LogP contribution is -2.13. The number of rotatable bonds is 1. The van der Waals surface area contributed by atoms with Crippen molar-refractivity contribution in [3.05, 3.63) is 83.7 Å². The van der Waals surface area contributed by atoms with E-state index >= 15 is 0 Å². The minimum atomic E-state index is -5.41. The SMILES string of the molecule is Fc1c(C(F)(F)F)c(F)c2nn3c(-c4ccccc4)cc4ccccc4c3c2c1F. The molecule has 2 aromatic heterocycles. The van der Waals surface area contributed by atoms with Gasteiger partial charge >= 0.3 is 6.18 Å². The van der Waals surface area contributed by atoms with Crippen molar-refractivity contribution in [3.8, 4) is 11.3 Å². The molecule has 0 fully saturated rings. The number of hydrogen-bond acceptors (Lipinski definition) is 1. The van der Waals surface area contributed by atoms with Crippen LogP contribution in [0.4, 0.5) is 26.3 Å².